The number of carbonyl (C=O) groups excluding carboxylic acids is 1. The number of fused-ring (bicyclic) bond motifs is 1. The molecule has 0 atom stereocenters. The molecule has 4 rings (SSSR count). The molecule has 2 heterocycles. The van der Waals surface area contributed by atoms with Crippen molar-refractivity contribution in [3.8, 4) is 0 Å². The summed E-state index contributed by atoms with van der Waals surface area (Å²) < 4.78 is 14.4. The summed E-state index contributed by atoms with van der Waals surface area (Å²) in [6.07, 6.45) is 7.89. The minimum atomic E-state index is -0.407. The van der Waals surface area contributed by atoms with Crippen molar-refractivity contribution in [2.45, 2.75) is 38.6 Å². The van der Waals surface area contributed by atoms with Gasteiger partial charge in [-0.25, -0.2) is 14.4 Å². The van der Waals surface area contributed by atoms with E-state index in [1.165, 1.54) is 49.4 Å². The molecule has 1 amide bonds. The van der Waals surface area contributed by atoms with Gasteiger partial charge in [-0.1, -0.05) is 31.4 Å². The number of nitrogens with zero attached hydrogens (tertiary/aromatic N) is 4. The van der Waals surface area contributed by atoms with Crippen molar-refractivity contribution >= 4 is 23.2 Å². The van der Waals surface area contributed by atoms with Crippen LogP contribution >= 0.6 is 0 Å². The Bertz CT molecular complexity index is 852. The van der Waals surface area contributed by atoms with E-state index in [1.807, 2.05) is 11.9 Å². The molecule has 7 heteroatoms. The van der Waals surface area contributed by atoms with Gasteiger partial charge in [-0.05, 0) is 30.9 Å². The highest BCUT2D eigenvalue weighted by atomic mass is 19.1. The molecule has 0 saturated heterocycles. The molecule has 1 aromatic heterocycles. The van der Waals surface area contributed by atoms with Gasteiger partial charge in [0.1, 0.15) is 23.8 Å². The zero-order valence-electron chi connectivity index (χ0n) is 16.2. The average Bonchev–Trinajstić information content (AvgIpc) is 2.84. The summed E-state index contributed by atoms with van der Waals surface area (Å²) in [5, 5.41) is 3.48. The summed E-state index contributed by atoms with van der Waals surface area (Å²) in [5.74, 6) is 1.53. The molecule has 0 radical (unpaired) electrons. The number of aromatic nitrogens is 2. The fourth-order valence-electron chi connectivity index (χ4n) is 4.16. The molecule has 1 fully saturated rings. The topological polar surface area (TPSA) is 61.4 Å². The minimum absolute atomic E-state index is 0.139. The lowest BCUT2D eigenvalue weighted by Crippen LogP contribution is -2.36. The predicted molar refractivity (Wildman–Crippen MR) is 108 cm³/mol. The maximum absolute atomic E-state index is 14.4. The maximum atomic E-state index is 14.4. The molecular formula is C21H26FN5O. The standard InChI is InChI=1S/C21H26FN5O/c1-26-13-19(28)27(18-10-6-5-9-17(18)22)12-16-20(24-14-25-21(16)26)23-11-15-7-3-2-4-8-15/h5-6,9-10,14-15H,2-4,7-8,11-13H2,1H3,(H,23,24,25). The van der Waals surface area contributed by atoms with Gasteiger partial charge in [-0.3, -0.25) is 4.79 Å². The molecule has 1 aromatic carbocycles. The van der Waals surface area contributed by atoms with E-state index in [0.29, 0.717) is 11.7 Å². The summed E-state index contributed by atoms with van der Waals surface area (Å²) >= 11 is 0. The number of nitrogens with one attached hydrogen (secondary N) is 1. The van der Waals surface area contributed by atoms with Crippen molar-refractivity contribution in [3.63, 3.8) is 0 Å². The zero-order chi connectivity index (χ0) is 19.5. The van der Waals surface area contributed by atoms with Gasteiger partial charge in [0.2, 0.25) is 5.91 Å². The van der Waals surface area contributed by atoms with Crippen molar-refractivity contribution in [3.05, 3.63) is 42.0 Å². The van der Waals surface area contributed by atoms with E-state index >= 15 is 0 Å². The molecule has 1 aliphatic heterocycles. The minimum Gasteiger partial charge on any atom is -0.369 e. The Kier molecular flexibility index (Phi) is 5.41. The molecule has 148 valence electrons. The van der Waals surface area contributed by atoms with Crippen molar-refractivity contribution in [1.82, 2.24) is 9.97 Å². The van der Waals surface area contributed by atoms with Gasteiger partial charge in [0.25, 0.3) is 0 Å². The van der Waals surface area contributed by atoms with Gasteiger partial charge < -0.3 is 15.1 Å². The van der Waals surface area contributed by atoms with Crippen molar-refractivity contribution in [2.24, 2.45) is 5.92 Å². The van der Waals surface area contributed by atoms with Crippen LogP contribution in [0.4, 0.5) is 21.7 Å². The molecule has 1 N–H and O–H groups in total. The van der Waals surface area contributed by atoms with E-state index < -0.39 is 5.82 Å². The normalized spacial score (nSPS) is 18.0. The number of anilines is 3. The fourth-order valence-corrected chi connectivity index (χ4v) is 4.16. The molecule has 0 spiro atoms. The number of hydrogen-bond acceptors (Lipinski definition) is 5. The second kappa shape index (κ2) is 8.12. The van der Waals surface area contributed by atoms with Crippen LogP contribution in [0.5, 0.6) is 0 Å². The third-order valence-corrected chi connectivity index (χ3v) is 5.70. The average molecular weight is 383 g/mol. The number of hydrogen-bond donors (Lipinski definition) is 1. The van der Waals surface area contributed by atoms with E-state index in [0.717, 1.165) is 17.9 Å². The van der Waals surface area contributed by atoms with Gasteiger partial charge in [0, 0.05) is 13.6 Å². The largest absolute Gasteiger partial charge is 0.369 e. The van der Waals surface area contributed by atoms with Gasteiger partial charge in [-0.2, -0.15) is 0 Å². The monoisotopic (exact) mass is 383 g/mol. The lowest BCUT2D eigenvalue weighted by molar-refractivity contribution is -0.117. The number of amides is 1. The molecular weight excluding hydrogens is 357 g/mol. The van der Waals surface area contributed by atoms with Crippen LogP contribution in [0.15, 0.2) is 30.6 Å². The Labute approximate surface area is 164 Å². The zero-order valence-corrected chi connectivity index (χ0v) is 16.2. The SMILES string of the molecule is CN1CC(=O)N(c2ccccc2F)Cc2c(NCC3CCCCC3)ncnc21. The molecule has 2 aromatic rings. The van der Waals surface area contributed by atoms with Crippen LogP contribution in [0.25, 0.3) is 0 Å². The van der Waals surface area contributed by atoms with Crippen LogP contribution in [0.2, 0.25) is 0 Å². The number of carbonyl (C=O) groups is 1. The highest BCUT2D eigenvalue weighted by molar-refractivity contribution is 5.98. The first-order chi connectivity index (χ1) is 13.6. The molecule has 6 nitrogen and oxygen atoms in total. The van der Waals surface area contributed by atoms with Crippen LogP contribution < -0.4 is 15.1 Å². The Morgan fingerprint density at radius 3 is 2.71 bits per heavy atom. The van der Waals surface area contributed by atoms with Crippen molar-refractivity contribution in [1.29, 1.82) is 0 Å². The molecule has 0 unspecified atom stereocenters. The van der Waals surface area contributed by atoms with Crippen LogP contribution in [0, 0.1) is 11.7 Å². The third kappa shape index (κ3) is 3.79. The van der Waals surface area contributed by atoms with Gasteiger partial charge in [0.15, 0.2) is 0 Å². The third-order valence-electron chi connectivity index (χ3n) is 5.70. The van der Waals surface area contributed by atoms with Crippen molar-refractivity contribution in [2.75, 3.05) is 35.3 Å². The smallest absolute Gasteiger partial charge is 0.246 e. The number of likely N-dealkylation sites (N-methyl/N-ethyl adjacent to an activating group) is 1. The fraction of sp³-hybridized carbons (Fsp3) is 0.476. The van der Waals surface area contributed by atoms with Gasteiger partial charge in [0.05, 0.1) is 24.3 Å². The molecule has 2 aliphatic rings. The first-order valence-corrected chi connectivity index (χ1v) is 9.97. The Morgan fingerprint density at radius 2 is 1.93 bits per heavy atom. The first-order valence-electron chi connectivity index (χ1n) is 9.97. The van der Waals surface area contributed by atoms with Crippen LogP contribution in [0.1, 0.15) is 37.7 Å². The van der Waals surface area contributed by atoms with Crippen molar-refractivity contribution < 1.29 is 9.18 Å². The number of benzene rings is 1. The number of para-hydroxylation sites is 1. The Balaban J connectivity index is 1.63. The second-order valence-electron chi connectivity index (χ2n) is 7.70. The second-order valence-corrected chi connectivity index (χ2v) is 7.70. The highest BCUT2D eigenvalue weighted by Crippen LogP contribution is 2.31. The van der Waals surface area contributed by atoms with Crippen LogP contribution in [0.3, 0.4) is 0 Å². The summed E-state index contributed by atoms with van der Waals surface area (Å²) in [7, 11) is 1.83. The lowest BCUT2D eigenvalue weighted by atomic mass is 9.89. The summed E-state index contributed by atoms with van der Waals surface area (Å²) in [6.45, 7) is 1.24. The highest BCUT2D eigenvalue weighted by Gasteiger charge is 2.29. The maximum Gasteiger partial charge on any atom is 0.246 e. The van der Waals surface area contributed by atoms with Gasteiger partial charge >= 0.3 is 0 Å². The Hall–Kier alpha value is -2.70. The first kappa shape index (κ1) is 18.7. The number of halogens is 1. The van der Waals surface area contributed by atoms with Gasteiger partial charge in [-0.15, -0.1) is 0 Å². The van der Waals surface area contributed by atoms with Crippen LogP contribution in [-0.2, 0) is 11.3 Å². The summed E-state index contributed by atoms with van der Waals surface area (Å²) in [4.78, 5) is 25.0. The summed E-state index contributed by atoms with van der Waals surface area (Å²) in [6, 6.07) is 6.38. The molecule has 1 aliphatic carbocycles. The van der Waals surface area contributed by atoms with E-state index in [2.05, 4.69) is 15.3 Å². The number of rotatable bonds is 4. The Morgan fingerprint density at radius 1 is 1.14 bits per heavy atom. The molecule has 1 saturated carbocycles. The van der Waals surface area contributed by atoms with E-state index in [4.69, 9.17) is 0 Å². The molecule has 28 heavy (non-hydrogen) atoms. The molecule has 0 bridgehead atoms. The van der Waals surface area contributed by atoms with E-state index in [1.54, 1.807) is 18.2 Å². The van der Waals surface area contributed by atoms with E-state index in [-0.39, 0.29) is 24.7 Å². The van der Waals surface area contributed by atoms with E-state index in [9.17, 15) is 9.18 Å². The lowest BCUT2D eigenvalue weighted by Gasteiger charge is -2.24. The van der Waals surface area contributed by atoms with Crippen LogP contribution in [-0.4, -0.2) is 36.0 Å². The summed E-state index contributed by atoms with van der Waals surface area (Å²) in [5.41, 5.74) is 1.12. The quantitative estimate of drug-likeness (QED) is 0.874. The predicted octanol–water partition coefficient (Wildman–Crippen LogP) is 3.59.